The van der Waals surface area contributed by atoms with Crippen molar-refractivity contribution in [3.8, 4) is 0 Å². The molecule has 1 fully saturated rings. The molecule has 1 saturated heterocycles. The van der Waals surface area contributed by atoms with Crippen molar-refractivity contribution in [2.24, 2.45) is 0 Å². The summed E-state index contributed by atoms with van der Waals surface area (Å²) in [4.78, 5) is 24.4. The van der Waals surface area contributed by atoms with Gasteiger partial charge in [-0.3, -0.25) is 14.5 Å². The van der Waals surface area contributed by atoms with Crippen LogP contribution in [0.5, 0.6) is 0 Å². The number of carboxylic acid groups (broad SMARTS) is 1. The number of carbonyl (C=O) groups is 2. The van der Waals surface area contributed by atoms with E-state index in [4.69, 9.17) is 17.3 Å². The van der Waals surface area contributed by atoms with E-state index in [1.54, 1.807) is 6.08 Å². The fraction of sp³-hybridized carbons (Fsp3) is 0.133. The van der Waals surface area contributed by atoms with E-state index in [-0.39, 0.29) is 41.2 Å². The maximum absolute atomic E-state index is 12.1. The van der Waals surface area contributed by atoms with Gasteiger partial charge in [0.15, 0.2) is 0 Å². The summed E-state index contributed by atoms with van der Waals surface area (Å²) in [6, 6.07) is 9.74. The van der Waals surface area contributed by atoms with Crippen molar-refractivity contribution < 1.29 is 45.7 Å². The minimum Gasteiger partial charge on any atom is -1.00 e. The predicted molar refractivity (Wildman–Crippen MR) is 88.8 cm³/mol. The Morgan fingerprint density at radius 2 is 2.05 bits per heavy atom. The van der Waals surface area contributed by atoms with E-state index in [0.717, 1.165) is 27.8 Å². The molecule has 1 amide bonds. The Labute approximate surface area is 162 Å². The number of carbonyl (C=O) groups excluding carboxylic acids is 1. The van der Waals surface area contributed by atoms with Crippen LogP contribution in [0.15, 0.2) is 46.9 Å². The summed E-state index contributed by atoms with van der Waals surface area (Å²) in [5, 5.41) is 8.78. The number of benzene rings is 1. The van der Waals surface area contributed by atoms with Gasteiger partial charge in [-0.05, 0) is 24.1 Å². The van der Waals surface area contributed by atoms with Crippen LogP contribution in [0.2, 0.25) is 0 Å². The molecule has 1 aromatic rings. The van der Waals surface area contributed by atoms with Crippen molar-refractivity contribution in [3.63, 3.8) is 0 Å². The molecule has 4 nitrogen and oxygen atoms in total. The zero-order valence-electron chi connectivity index (χ0n) is 13.3. The topological polar surface area (TPSA) is 57.6 Å². The maximum atomic E-state index is 12.1. The van der Waals surface area contributed by atoms with E-state index in [0.29, 0.717) is 4.91 Å². The molecule has 110 valence electrons. The summed E-state index contributed by atoms with van der Waals surface area (Å²) in [5.41, 5.74) is 1.93. The molecule has 1 aromatic carbocycles. The van der Waals surface area contributed by atoms with Gasteiger partial charge in [0.2, 0.25) is 0 Å². The zero-order chi connectivity index (χ0) is 15.4. The summed E-state index contributed by atoms with van der Waals surface area (Å²) in [6.45, 7) is 1.49. The van der Waals surface area contributed by atoms with Crippen LogP contribution in [0.4, 0.5) is 0 Å². The summed E-state index contributed by atoms with van der Waals surface area (Å²) in [7, 11) is 0. The van der Waals surface area contributed by atoms with Gasteiger partial charge in [0.05, 0.1) is 4.91 Å². The van der Waals surface area contributed by atoms with Crippen LogP contribution in [0.1, 0.15) is 13.9 Å². The smallest absolute Gasteiger partial charge is 1.00 e. The second-order valence-electron chi connectivity index (χ2n) is 4.46. The molecule has 0 atom stereocenters. The fourth-order valence-electron chi connectivity index (χ4n) is 1.83. The van der Waals surface area contributed by atoms with Crippen LogP contribution in [0.3, 0.4) is 0 Å². The van der Waals surface area contributed by atoms with Gasteiger partial charge in [-0.2, -0.15) is 0 Å². The Kier molecular flexibility index (Phi) is 7.52. The molecule has 0 unspecified atom stereocenters. The first-order chi connectivity index (χ1) is 9.97. The van der Waals surface area contributed by atoms with Crippen LogP contribution in [0.25, 0.3) is 6.08 Å². The van der Waals surface area contributed by atoms with Gasteiger partial charge in [0, 0.05) is 0 Å². The Bertz CT molecular complexity index is 662. The van der Waals surface area contributed by atoms with Crippen LogP contribution in [0, 0.1) is 0 Å². The Morgan fingerprint density at radius 3 is 2.64 bits per heavy atom. The number of nitrogens with zero attached hydrogens (tertiary/aromatic N) is 1. The van der Waals surface area contributed by atoms with Crippen molar-refractivity contribution >= 4 is 46.3 Å². The molecule has 22 heavy (non-hydrogen) atoms. The Balaban J connectivity index is 0.00000242. The van der Waals surface area contributed by atoms with E-state index in [1.165, 1.54) is 0 Å². The molecule has 1 heterocycles. The van der Waals surface area contributed by atoms with E-state index in [2.05, 4.69) is 0 Å². The number of thioether (sulfide) groups is 1. The van der Waals surface area contributed by atoms with Crippen molar-refractivity contribution in [1.29, 1.82) is 0 Å². The molecule has 1 aliphatic rings. The van der Waals surface area contributed by atoms with Crippen molar-refractivity contribution in [2.75, 3.05) is 6.54 Å². The first-order valence-electron chi connectivity index (χ1n) is 6.18. The summed E-state index contributed by atoms with van der Waals surface area (Å²) in [6.07, 6.45) is 3.68. The normalized spacial score (nSPS) is 16.9. The van der Waals surface area contributed by atoms with Gasteiger partial charge < -0.3 is 6.53 Å². The third-order valence-corrected chi connectivity index (χ3v) is 4.10. The number of aliphatic carboxylic acids is 1. The Morgan fingerprint density at radius 1 is 1.41 bits per heavy atom. The van der Waals surface area contributed by atoms with E-state index in [9.17, 15) is 9.59 Å². The second kappa shape index (κ2) is 8.64. The number of carboxylic acids is 1. The van der Waals surface area contributed by atoms with Gasteiger partial charge in [0.1, 0.15) is 10.9 Å². The molecule has 0 saturated carbocycles. The van der Waals surface area contributed by atoms with Crippen molar-refractivity contribution in [1.82, 2.24) is 4.90 Å². The molecule has 1 aliphatic heterocycles. The van der Waals surface area contributed by atoms with Gasteiger partial charge in [-0.25, -0.2) is 0 Å². The first-order valence-corrected chi connectivity index (χ1v) is 7.40. The minimum absolute atomic E-state index is 0. The monoisotopic (exact) mass is 343 g/mol. The minimum atomic E-state index is -1.08. The molecule has 0 aromatic heterocycles. The third-order valence-electron chi connectivity index (χ3n) is 2.72. The maximum Gasteiger partial charge on any atom is 1.00 e. The SMILES string of the molecule is CC(=C\c1ccccc1)/C=C1/SC(=S)N(CC(=O)O)C1=O.[H-].[Na+]. The van der Waals surface area contributed by atoms with Gasteiger partial charge in [0.25, 0.3) is 5.91 Å². The summed E-state index contributed by atoms with van der Waals surface area (Å²) in [5.74, 6) is -1.43. The quantitative estimate of drug-likeness (QED) is 0.475. The number of amides is 1. The molecule has 0 spiro atoms. The first kappa shape index (κ1) is 19.1. The number of allylic oxidation sites excluding steroid dienone is 2. The van der Waals surface area contributed by atoms with E-state index < -0.39 is 12.5 Å². The molecule has 0 bridgehead atoms. The average Bonchev–Trinajstić information content (AvgIpc) is 2.67. The molecule has 1 N–H and O–H groups in total. The van der Waals surface area contributed by atoms with E-state index in [1.807, 2.05) is 43.3 Å². The molecule has 7 heteroatoms. The van der Waals surface area contributed by atoms with Crippen LogP contribution in [-0.4, -0.2) is 32.7 Å². The van der Waals surface area contributed by atoms with Crippen LogP contribution < -0.4 is 29.6 Å². The standard InChI is InChI=1S/C15H13NO3S2.Na.H/c1-10(7-11-5-3-2-4-6-11)8-12-14(19)16(9-13(17)18)15(20)21-12;;/h2-8H,9H2,1H3,(H,17,18);;/q;+1;-1/b10-7+,12-8+;;. The number of thiocarbonyl (C=S) groups is 1. The van der Waals surface area contributed by atoms with Gasteiger partial charge in [-0.15, -0.1) is 0 Å². The number of hydrogen-bond donors (Lipinski definition) is 1. The Hall–Kier alpha value is -0.920. The molecular formula is C15H14NNaO3S2. The van der Waals surface area contributed by atoms with Crippen molar-refractivity contribution in [3.05, 3.63) is 52.4 Å². The summed E-state index contributed by atoms with van der Waals surface area (Å²) < 4.78 is 0.279. The van der Waals surface area contributed by atoms with Crippen LogP contribution in [-0.2, 0) is 9.59 Å². The van der Waals surface area contributed by atoms with E-state index >= 15 is 0 Å². The number of rotatable bonds is 4. The molecular weight excluding hydrogens is 329 g/mol. The average molecular weight is 343 g/mol. The number of hydrogen-bond acceptors (Lipinski definition) is 4. The molecule has 2 rings (SSSR count). The van der Waals surface area contributed by atoms with Crippen LogP contribution >= 0.6 is 24.0 Å². The largest absolute Gasteiger partial charge is 1.00 e. The zero-order valence-corrected chi connectivity index (χ0v) is 15.9. The van der Waals surface area contributed by atoms with Gasteiger partial charge in [-0.1, -0.05) is 60.4 Å². The molecule has 0 radical (unpaired) electrons. The molecule has 0 aliphatic carbocycles. The fourth-order valence-corrected chi connectivity index (χ4v) is 3.14. The van der Waals surface area contributed by atoms with Crippen molar-refractivity contribution in [2.45, 2.75) is 6.92 Å². The van der Waals surface area contributed by atoms with Gasteiger partial charge >= 0.3 is 35.5 Å². The predicted octanol–water partition coefficient (Wildman–Crippen LogP) is 0.0352. The third kappa shape index (κ3) is 5.07. The summed E-state index contributed by atoms with van der Waals surface area (Å²) >= 11 is 6.17. The second-order valence-corrected chi connectivity index (χ2v) is 6.14.